The molecular weight excluding hydrogens is 366 g/mol. The fraction of sp³-hybridized carbons (Fsp3) is 0.522. The van der Waals surface area contributed by atoms with Crippen LogP contribution in [-0.2, 0) is 4.74 Å². The van der Waals surface area contributed by atoms with E-state index >= 15 is 0 Å². The zero-order chi connectivity index (χ0) is 21.4. The van der Waals surface area contributed by atoms with E-state index in [9.17, 15) is 9.59 Å². The molecule has 0 fully saturated rings. The maximum atomic E-state index is 12.8. The Balaban J connectivity index is 2.35. The third-order valence-electron chi connectivity index (χ3n) is 4.97. The van der Waals surface area contributed by atoms with Gasteiger partial charge in [-0.25, -0.2) is 9.48 Å². The van der Waals surface area contributed by atoms with Crippen molar-refractivity contribution in [1.82, 2.24) is 14.7 Å². The summed E-state index contributed by atoms with van der Waals surface area (Å²) in [4.78, 5) is 26.8. The minimum absolute atomic E-state index is 0.0510. The Labute approximate surface area is 173 Å². The largest absolute Gasteiger partial charge is 0.461 e. The smallest absolute Gasteiger partial charge is 0.358 e. The third-order valence-corrected chi connectivity index (χ3v) is 4.97. The van der Waals surface area contributed by atoms with Gasteiger partial charge in [-0.15, -0.1) is 0 Å². The summed E-state index contributed by atoms with van der Waals surface area (Å²) in [5.41, 5.74) is 2.75. The van der Waals surface area contributed by atoms with Crippen LogP contribution in [0.4, 0.5) is 0 Å². The van der Waals surface area contributed by atoms with E-state index in [1.807, 2.05) is 29.2 Å². The molecule has 1 aromatic heterocycles. The number of hydrogen-bond donors (Lipinski definition) is 0. The Morgan fingerprint density at radius 3 is 2.21 bits per heavy atom. The average Bonchev–Trinajstić information content (AvgIpc) is 3.18. The quantitative estimate of drug-likeness (QED) is 0.537. The van der Waals surface area contributed by atoms with Crippen molar-refractivity contribution >= 4 is 11.9 Å². The first-order valence-corrected chi connectivity index (χ1v) is 10.6. The van der Waals surface area contributed by atoms with Gasteiger partial charge in [0.1, 0.15) is 0 Å². The second-order valence-corrected chi connectivity index (χ2v) is 7.24. The first-order chi connectivity index (χ1) is 14.0. The zero-order valence-electron chi connectivity index (χ0n) is 18.3. The van der Waals surface area contributed by atoms with Gasteiger partial charge < -0.3 is 9.64 Å². The van der Waals surface area contributed by atoms with Crippen molar-refractivity contribution in [2.24, 2.45) is 0 Å². The minimum Gasteiger partial charge on any atom is -0.461 e. The highest BCUT2D eigenvalue weighted by Gasteiger charge is 2.20. The van der Waals surface area contributed by atoms with Gasteiger partial charge in [-0.2, -0.15) is 5.10 Å². The molecule has 0 bridgehead atoms. The number of nitrogens with zero attached hydrogens (tertiary/aromatic N) is 3. The topological polar surface area (TPSA) is 64.4 Å². The van der Waals surface area contributed by atoms with Crippen molar-refractivity contribution in [3.05, 3.63) is 47.3 Å². The van der Waals surface area contributed by atoms with E-state index in [0.717, 1.165) is 43.7 Å². The lowest BCUT2D eigenvalue weighted by atomic mass is 10.0. The van der Waals surface area contributed by atoms with Gasteiger partial charge in [-0.05, 0) is 62.4 Å². The number of rotatable bonds is 10. The van der Waals surface area contributed by atoms with Crippen LogP contribution < -0.4 is 0 Å². The summed E-state index contributed by atoms with van der Waals surface area (Å²) in [6, 6.07) is 9.24. The molecule has 2 aromatic rings. The molecule has 1 atom stereocenters. The Morgan fingerprint density at radius 2 is 1.69 bits per heavy atom. The highest BCUT2D eigenvalue weighted by molar-refractivity contribution is 5.94. The summed E-state index contributed by atoms with van der Waals surface area (Å²) in [6.07, 6.45) is 2.80. The van der Waals surface area contributed by atoms with E-state index in [0.29, 0.717) is 17.9 Å². The number of amides is 1. The second-order valence-electron chi connectivity index (χ2n) is 7.24. The van der Waals surface area contributed by atoms with Crippen LogP contribution in [0.25, 0.3) is 5.69 Å². The molecule has 0 aliphatic carbocycles. The summed E-state index contributed by atoms with van der Waals surface area (Å²) >= 11 is 0. The number of hydrogen-bond acceptors (Lipinski definition) is 4. The van der Waals surface area contributed by atoms with E-state index in [1.54, 1.807) is 17.7 Å². The molecule has 0 N–H and O–H groups in total. The molecule has 0 radical (unpaired) electrons. The summed E-state index contributed by atoms with van der Waals surface area (Å²) in [5, 5.41) is 4.48. The maximum Gasteiger partial charge on any atom is 0.358 e. The fourth-order valence-corrected chi connectivity index (χ4v) is 3.25. The van der Waals surface area contributed by atoms with Crippen molar-refractivity contribution in [3.8, 4) is 5.69 Å². The van der Waals surface area contributed by atoms with Crippen LogP contribution in [0, 0.1) is 0 Å². The summed E-state index contributed by atoms with van der Waals surface area (Å²) < 4.78 is 6.89. The lowest BCUT2D eigenvalue weighted by Crippen LogP contribution is -2.32. The average molecular weight is 400 g/mol. The Bertz CT molecular complexity index is 805. The van der Waals surface area contributed by atoms with Crippen LogP contribution in [0.5, 0.6) is 0 Å². The van der Waals surface area contributed by atoms with Crippen LogP contribution in [0.1, 0.15) is 86.3 Å². The lowest BCUT2D eigenvalue weighted by molar-refractivity contribution is 0.0518. The van der Waals surface area contributed by atoms with Gasteiger partial charge in [0.2, 0.25) is 0 Å². The van der Waals surface area contributed by atoms with Gasteiger partial charge in [0.05, 0.1) is 12.3 Å². The highest BCUT2D eigenvalue weighted by Crippen LogP contribution is 2.24. The van der Waals surface area contributed by atoms with Crippen molar-refractivity contribution in [2.75, 3.05) is 19.7 Å². The molecule has 2 rings (SSSR count). The van der Waals surface area contributed by atoms with Crippen molar-refractivity contribution in [1.29, 1.82) is 0 Å². The van der Waals surface area contributed by atoms with Crippen LogP contribution in [-0.4, -0.2) is 46.3 Å². The number of carbonyl (C=O) groups is 2. The van der Waals surface area contributed by atoms with Gasteiger partial charge in [0.25, 0.3) is 5.91 Å². The van der Waals surface area contributed by atoms with Crippen molar-refractivity contribution in [2.45, 2.75) is 59.8 Å². The molecule has 0 aliphatic heterocycles. The number of benzene rings is 1. The number of ether oxygens (including phenoxy) is 1. The van der Waals surface area contributed by atoms with Gasteiger partial charge in [-0.1, -0.05) is 27.7 Å². The van der Waals surface area contributed by atoms with Gasteiger partial charge >= 0.3 is 5.97 Å². The van der Waals surface area contributed by atoms with Gasteiger partial charge in [-0.3, -0.25) is 4.79 Å². The van der Waals surface area contributed by atoms with E-state index < -0.39 is 5.97 Å². The molecule has 0 saturated heterocycles. The van der Waals surface area contributed by atoms with Crippen LogP contribution in [0.2, 0.25) is 0 Å². The third kappa shape index (κ3) is 5.46. The maximum absolute atomic E-state index is 12.8. The van der Waals surface area contributed by atoms with E-state index in [4.69, 9.17) is 4.74 Å². The lowest BCUT2D eigenvalue weighted by Gasteiger charge is -2.21. The molecular formula is C23H33N3O3. The molecule has 1 aromatic carbocycles. The predicted octanol–water partition coefficient (Wildman–Crippen LogP) is 4.82. The molecule has 0 saturated carbocycles. The van der Waals surface area contributed by atoms with Crippen LogP contribution in [0.15, 0.2) is 30.3 Å². The molecule has 29 heavy (non-hydrogen) atoms. The molecule has 1 amide bonds. The SMILES string of the molecule is CCCN(CCC)C(=O)c1ccc(-n2nc(C(=O)OCC)cc2[C@@H](C)CC)cc1. The molecule has 0 spiro atoms. The minimum atomic E-state index is -0.419. The summed E-state index contributed by atoms with van der Waals surface area (Å²) in [5.74, 6) is -0.135. The highest BCUT2D eigenvalue weighted by atomic mass is 16.5. The molecule has 1 heterocycles. The Morgan fingerprint density at radius 1 is 1.07 bits per heavy atom. The predicted molar refractivity (Wildman–Crippen MR) is 115 cm³/mol. The molecule has 6 heteroatoms. The van der Waals surface area contributed by atoms with Gasteiger partial charge in [0, 0.05) is 24.3 Å². The monoisotopic (exact) mass is 399 g/mol. The zero-order valence-corrected chi connectivity index (χ0v) is 18.3. The number of esters is 1. The van der Waals surface area contributed by atoms with Crippen LogP contribution >= 0.6 is 0 Å². The molecule has 6 nitrogen and oxygen atoms in total. The van der Waals surface area contributed by atoms with Gasteiger partial charge in [0.15, 0.2) is 5.69 Å². The standard InChI is InChI=1S/C23H33N3O3/c1-6-14-25(15-7-2)22(27)18-10-12-19(13-11-18)26-21(17(5)8-3)16-20(24-26)23(28)29-9-4/h10-13,16-17H,6-9,14-15H2,1-5H3/t17-/m0/s1. The second kappa shape index (κ2) is 10.8. The number of carbonyl (C=O) groups excluding carboxylic acids is 2. The normalized spacial score (nSPS) is 11.9. The van der Waals surface area contributed by atoms with E-state index in [1.165, 1.54) is 0 Å². The summed E-state index contributed by atoms with van der Waals surface area (Å²) in [7, 11) is 0. The molecule has 0 aliphatic rings. The Kier molecular flexibility index (Phi) is 8.43. The number of aromatic nitrogens is 2. The molecule has 0 unspecified atom stereocenters. The van der Waals surface area contributed by atoms with Crippen LogP contribution in [0.3, 0.4) is 0 Å². The fourth-order valence-electron chi connectivity index (χ4n) is 3.25. The van der Waals surface area contributed by atoms with Crippen molar-refractivity contribution in [3.63, 3.8) is 0 Å². The first kappa shape index (κ1) is 22.7. The molecule has 158 valence electrons. The first-order valence-electron chi connectivity index (χ1n) is 10.6. The summed E-state index contributed by atoms with van der Waals surface area (Å²) in [6.45, 7) is 12.0. The van der Waals surface area contributed by atoms with Crippen molar-refractivity contribution < 1.29 is 14.3 Å². The Hall–Kier alpha value is -2.63. The van der Waals surface area contributed by atoms with E-state index in [-0.39, 0.29) is 11.8 Å². The van der Waals surface area contributed by atoms with E-state index in [2.05, 4.69) is 32.8 Å².